The third kappa shape index (κ3) is 4.43. The average molecular weight is 314 g/mol. The fraction of sp³-hybridized carbons (Fsp3) is 0.867. The summed E-state index contributed by atoms with van der Waals surface area (Å²) >= 11 is 3.54. The van der Waals surface area contributed by atoms with Crippen LogP contribution in [0.2, 0.25) is 0 Å². The Bertz CT molecular complexity index is 394. The summed E-state index contributed by atoms with van der Waals surface area (Å²) in [6, 6.07) is 0.650. The molecule has 3 nitrogen and oxygen atoms in total. The molecular formula is C15H27N3S2. The summed E-state index contributed by atoms with van der Waals surface area (Å²) in [5, 5.41) is 4.41. The first kappa shape index (κ1) is 16.2. The van der Waals surface area contributed by atoms with E-state index in [1.54, 1.807) is 11.5 Å². The van der Waals surface area contributed by atoms with E-state index in [2.05, 4.69) is 35.4 Å². The second-order valence-corrected chi connectivity index (χ2v) is 7.87. The Balaban J connectivity index is 1.98. The Labute approximate surface area is 131 Å². The highest BCUT2D eigenvalue weighted by Crippen LogP contribution is 2.38. The molecule has 0 spiro atoms. The van der Waals surface area contributed by atoms with E-state index in [0.717, 1.165) is 29.0 Å². The van der Waals surface area contributed by atoms with Crippen LogP contribution in [0.3, 0.4) is 0 Å². The van der Waals surface area contributed by atoms with E-state index in [1.165, 1.54) is 32.1 Å². The lowest BCUT2D eigenvalue weighted by atomic mass is 9.84. The van der Waals surface area contributed by atoms with Crippen molar-refractivity contribution in [1.82, 2.24) is 14.7 Å². The summed E-state index contributed by atoms with van der Waals surface area (Å²) in [4.78, 5) is 4.63. The Hall–Kier alpha value is -0.130. The molecule has 5 heteroatoms. The van der Waals surface area contributed by atoms with Crippen LogP contribution in [0.15, 0.2) is 4.34 Å². The molecule has 1 N–H and O–H groups in total. The quantitative estimate of drug-likeness (QED) is 0.821. The van der Waals surface area contributed by atoms with E-state index in [9.17, 15) is 0 Å². The van der Waals surface area contributed by atoms with Gasteiger partial charge in [0.1, 0.15) is 5.82 Å². The van der Waals surface area contributed by atoms with Gasteiger partial charge in [-0.25, -0.2) is 4.98 Å². The number of rotatable bonds is 7. The fourth-order valence-electron chi connectivity index (χ4n) is 2.83. The average Bonchev–Trinajstić information content (AvgIpc) is 2.93. The molecule has 20 heavy (non-hydrogen) atoms. The Kier molecular flexibility index (Phi) is 6.78. The third-order valence-corrected chi connectivity index (χ3v) is 6.33. The number of nitrogens with one attached hydrogen (secondary N) is 1. The van der Waals surface area contributed by atoms with Gasteiger partial charge >= 0.3 is 0 Å². The van der Waals surface area contributed by atoms with Crippen LogP contribution in [0, 0.1) is 5.92 Å². The summed E-state index contributed by atoms with van der Waals surface area (Å²) < 4.78 is 5.58. The molecule has 1 aromatic rings. The molecular weight excluding hydrogens is 286 g/mol. The second-order valence-electron chi connectivity index (χ2n) is 5.63. The van der Waals surface area contributed by atoms with Crippen LogP contribution in [0.4, 0.5) is 0 Å². The van der Waals surface area contributed by atoms with Crippen molar-refractivity contribution in [2.75, 3.05) is 6.54 Å². The van der Waals surface area contributed by atoms with Crippen LogP contribution in [0.25, 0.3) is 0 Å². The van der Waals surface area contributed by atoms with Gasteiger partial charge in [0.05, 0.1) is 0 Å². The molecule has 114 valence electrons. The fourth-order valence-corrected chi connectivity index (χ4v) is 5.17. The van der Waals surface area contributed by atoms with Crippen molar-refractivity contribution in [1.29, 1.82) is 0 Å². The maximum absolute atomic E-state index is 4.63. The van der Waals surface area contributed by atoms with Gasteiger partial charge in [0.2, 0.25) is 0 Å². The topological polar surface area (TPSA) is 37.8 Å². The summed E-state index contributed by atoms with van der Waals surface area (Å²) in [7, 11) is 0. The predicted octanol–water partition coefficient (Wildman–Crippen LogP) is 4.14. The molecule has 1 heterocycles. The normalized spacial score (nSPS) is 26.9. The molecule has 1 saturated carbocycles. The molecule has 1 aliphatic rings. The van der Waals surface area contributed by atoms with E-state index in [0.29, 0.717) is 11.3 Å². The van der Waals surface area contributed by atoms with Gasteiger partial charge in [0.25, 0.3) is 0 Å². The maximum atomic E-state index is 4.63. The van der Waals surface area contributed by atoms with E-state index < -0.39 is 0 Å². The van der Waals surface area contributed by atoms with Crippen molar-refractivity contribution in [2.45, 2.75) is 74.9 Å². The molecule has 2 rings (SSSR count). The van der Waals surface area contributed by atoms with Crippen LogP contribution in [0.1, 0.15) is 58.7 Å². The number of nitrogens with zero attached hydrogens (tertiary/aromatic N) is 2. The molecule has 0 saturated heterocycles. The lowest BCUT2D eigenvalue weighted by molar-refractivity contribution is 0.295. The summed E-state index contributed by atoms with van der Waals surface area (Å²) in [6.45, 7) is 7.82. The highest BCUT2D eigenvalue weighted by Gasteiger charge is 2.30. The first-order valence-corrected chi connectivity index (χ1v) is 9.64. The zero-order valence-electron chi connectivity index (χ0n) is 12.9. The number of hydrogen-bond acceptors (Lipinski definition) is 5. The van der Waals surface area contributed by atoms with Gasteiger partial charge in [-0.05, 0) is 49.7 Å². The molecule has 0 radical (unpaired) electrons. The molecule has 0 amide bonds. The van der Waals surface area contributed by atoms with Gasteiger partial charge in [0, 0.05) is 17.7 Å². The predicted molar refractivity (Wildman–Crippen MR) is 88.6 cm³/mol. The lowest BCUT2D eigenvalue weighted by Crippen LogP contribution is -2.42. The third-order valence-electron chi connectivity index (χ3n) is 4.15. The first-order valence-electron chi connectivity index (χ1n) is 7.99. The van der Waals surface area contributed by atoms with Crippen LogP contribution in [0.5, 0.6) is 0 Å². The van der Waals surface area contributed by atoms with Crippen LogP contribution in [-0.4, -0.2) is 27.2 Å². The number of thioether (sulfide) groups is 1. The molecule has 3 atom stereocenters. The van der Waals surface area contributed by atoms with Gasteiger partial charge in [-0.1, -0.05) is 39.0 Å². The van der Waals surface area contributed by atoms with Gasteiger partial charge in [0.15, 0.2) is 4.34 Å². The minimum atomic E-state index is 0.650. The van der Waals surface area contributed by atoms with E-state index in [4.69, 9.17) is 0 Å². The van der Waals surface area contributed by atoms with Crippen LogP contribution < -0.4 is 5.32 Å². The second kappa shape index (κ2) is 8.35. The highest BCUT2D eigenvalue weighted by atomic mass is 32.2. The van der Waals surface area contributed by atoms with Crippen molar-refractivity contribution in [2.24, 2.45) is 5.92 Å². The molecule has 0 aliphatic heterocycles. The summed E-state index contributed by atoms with van der Waals surface area (Å²) in [5.41, 5.74) is 0. The van der Waals surface area contributed by atoms with Crippen molar-refractivity contribution in [3.63, 3.8) is 0 Å². The van der Waals surface area contributed by atoms with Crippen molar-refractivity contribution in [3.8, 4) is 0 Å². The highest BCUT2D eigenvalue weighted by molar-refractivity contribution is 8.01. The summed E-state index contributed by atoms with van der Waals surface area (Å²) in [6.07, 6.45) is 7.49. The van der Waals surface area contributed by atoms with Gasteiger partial charge < -0.3 is 5.32 Å². The van der Waals surface area contributed by atoms with Crippen molar-refractivity contribution < 1.29 is 0 Å². The molecule has 1 aromatic heterocycles. The first-order chi connectivity index (χ1) is 9.76. The van der Waals surface area contributed by atoms with Crippen molar-refractivity contribution >= 4 is 23.3 Å². The summed E-state index contributed by atoms with van der Waals surface area (Å²) in [5.74, 6) is 1.89. The SMILES string of the molecule is CCCNC1CCC(CC)CC1Sc1nc(CC)ns1. The number of aromatic nitrogens is 2. The van der Waals surface area contributed by atoms with Gasteiger partial charge in [-0.2, -0.15) is 4.37 Å². The zero-order valence-corrected chi connectivity index (χ0v) is 14.5. The molecule has 1 aliphatic carbocycles. The van der Waals surface area contributed by atoms with E-state index >= 15 is 0 Å². The van der Waals surface area contributed by atoms with E-state index in [-0.39, 0.29) is 0 Å². The van der Waals surface area contributed by atoms with Crippen molar-refractivity contribution in [3.05, 3.63) is 5.82 Å². The van der Waals surface area contributed by atoms with Crippen LogP contribution in [-0.2, 0) is 6.42 Å². The van der Waals surface area contributed by atoms with Crippen LogP contribution >= 0.6 is 23.3 Å². The Morgan fingerprint density at radius 1 is 1.30 bits per heavy atom. The maximum Gasteiger partial charge on any atom is 0.170 e. The molecule has 0 aromatic carbocycles. The van der Waals surface area contributed by atoms with E-state index in [1.807, 2.05) is 11.8 Å². The molecule has 0 bridgehead atoms. The minimum absolute atomic E-state index is 0.650. The largest absolute Gasteiger partial charge is 0.313 e. The Morgan fingerprint density at radius 3 is 2.80 bits per heavy atom. The Morgan fingerprint density at radius 2 is 2.15 bits per heavy atom. The zero-order chi connectivity index (χ0) is 14.4. The molecule has 1 fully saturated rings. The molecule has 3 unspecified atom stereocenters. The standard InChI is InChI=1S/C15H27N3S2/c1-4-9-16-12-8-7-11(5-2)10-13(12)19-15-17-14(6-3)18-20-15/h11-13,16H,4-10H2,1-3H3. The van der Waals surface area contributed by atoms with Gasteiger partial charge in [-0.3, -0.25) is 0 Å². The monoisotopic (exact) mass is 313 g/mol. The number of aryl methyl sites for hydroxylation is 1. The smallest absolute Gasteiger partial charge is 0.170 e. The van der Waals surface area contributed by atoms with Gasteiger partial charge in [-0.15, -0.1) is 0 Å². The minimum Gasteiger partial charge on any atom is -0.313 e. The number of hydrogen-bond donors (Lipinski definition) is 1. The lowest BCUT2D eigenvalue weighted by Gasteiger charge is -2.35.